The summed E-state index contributed by atoms with van der Waals surface area (Å²) in [7, 11) is 0. The van der Waals surface area contributed by atoms with Gasteiger partial charge in [-0.1, -0.05) is 0 Å². The lowest BCUT2D eigenvalue weighted by molar-refractivity contribution is 0.461. The summed E-state index contributed by atoms with van der Waals surface area (Å²) in [6, 6.07) is 2.28. The highest BCUT2D eigenvalue weighted by atomic mass is 15.1. The third-order valence-electron chi connectivity index (χ3n) is 2.79. The van der Waals surface area contributed by atoms with E-state index in [-0.39, 0.29) is 6.04 Å². The largest absolute Gasteiger partial charge is 0.326 e. The Bertz CT molecular complexity index is 474. The lowest BCUT2D eigenvalue weighted by Gasteiger charge is -2.20. The number of hydrogen-bond donors (Lipinski definition) is 1. The van der Waals surface area contributed by atoms with E-state index >= 15 is 0 Å². The summed E-state index contributed by atoms with van der Waals surface area (Å²) < 4.78 is 2.21. The first kappa shape index (κ1) is 7.94. The fourth-order valence-corrected chi connectivity index (χ4v) is 2.07. The Morgan fingerprint density at radius 3 is 3.36 bits per heavy atom. The quantitative estimate of drug-likeness (QED) is 0.662. The number of aryl methyl sites for hydroxylation is 1. The fraction of sp³-hybridized carbons (Fsp3) is 0.400. The number of imidazole rings is 1. The number of nitrogens with zero attached hydrogens (tertiary/aromatic N) is 3. The van der Waals surface area contributed by atoms with Crippen molar-refractivity contribution in [2.75, 3.05) is 0 Å². The molecule has 72 valence electrons. The van der Waals surface area contributed by atoms with E-state index in [0.717, 1.165) is 36.2 Å². The summed E-state index contributed by atoms with van der Waals surface area (Å²) in [5, 5.41) is 0. The van der Waals surface area contributed by atoms with E-state index in [2.05, 4.69) is 14.5 Å². The monoisotopic (exact) mass is 188 g/mol. The number of pyridine rings is 1. The second-order valence-corrected chi connectivity index (χ2v) is 3.80. The molecule has 4 heteroatoms. The Hall–Kier alpha value is -1.42. The number of fused-ring (bicyclic) bond motifs is 3. The zero-order valence-electron chi connectivity index (χ0n) is 7.85. The van der Waals surface area contributed by atoms with Crippen LogP contribution in [-0.2, 0) is 13.0 Å². The highest BCUT2D eigenvalue weighted by Gasteiger charge is 2.18. The Morgan fingerprint density at radius 1 is 1.50 bits per heavy atom. The van der Waals surface area contributed by atoms with Crippen LogP contribution in [0, 0.1) is 0 Å². The van der Waals surface area contributed by atoms with Gasteiger partial charge < -0.3 is 10.3 Å². The topological polar surface area (TPSA) is 56.7 Å². The van der Waals surface area contributed by atoms with Gasteiger partial charge in [-0.3, -0.25) is 4.98 Å². The minimum atomic E-state index is 0.271. The predicted molar refractivity (Wildman–Crippen MR) is 53.8 cm³/mol. The summed E-state index contributed by atoms with van der Waals surface area (Å²) in [5.41, 5.74) is 8.08. The molecule has 1 aliphatic rings. The van der Waals surface area contributed by atoms with Crippen molar-refractivity contribution >= 4 is 11.0 Å². The third-order valence-corrected chi connectivity index (χ3v) is 2.79. The molecule has 0 radical (unpaired) electrons. The van der Waals surface area contributed by atoms with Crippen LogP contribution in [0.3, 0.4) is 0 Å². The molecule has 2 N–H and O–H groups in total. The van der Waals surface area contributed by atoms with Crippen molar-refractivity contribution in [3.63, 3.8) is 0 Å². The normalized spacial score (nSPS) is 21.1. The SMILES string of the molecule is NC1CCc2nc3cnccc3n2C1. The molecule has 1 unspecified atom stereocenters. The summed E-state index contributed by atoms with van der Waals surface area (Å²) in [5.74, 6) is 1.15. The van der Waals surface area contributed by atoms with Gasteiger partial charge in [0.2, 0.25) is 0 Å². The molecule has 4 nitrogen and oxygen atoms in total. The molecule has 1 atom stereocenters. The van der Waals surface area contributed by atoms with Gasteiger partial charge in [-0.2, -0.15) is 0 Å². The second-order valence-electron chi connectivity index (χ2n) is 3.80. The van der Waals surface area contributed by atoms with Gasteiger partial charge in [0.05, 0.1) is 11.7 Å². The van der Waals surface area contributed by atoms with Crippen molar-refractivity contribution in [1.82, 2.24) is 14.5 Å². The molecule has 0 amide bonds. The number of nitrogens with two attached hydrogens (primary N) is 1. The molecule has 2 aromatic heterocycles. The molecule has 0 aromatic carbocycles. The fourth-order valence-electron chi connectivity index (χ4n) is 2.07. The maximum atomic E-state index is 5.94. The smallest absolute Gasteiger partial charge is 0.110 e. The first-order chi connectivity index (χ1) is 6.84. The van der Waals surface area contributed by atoms with Crippen LogP contribution in [0.4, 0.5) is 0 Å². The molecule has 1 aliphatic heterocycles. The lowest BCUT2D eigenvalue weighted by atomic mass is 10.1. The Morgan fingerprint density at radius 2 is 2.43 bits per heavy atom. The molecule has 3 heterocycles. The standard InChI is InChI=1S/C10H12N4/c11-7-1-2-10-13-8-5-12-4-3-9(8)14(10)6-7/h3-5,7H,1-2,6,11H2. The van der Waals surface area contributed by atoms with Gasteiger partial charge >= 0.3 is 0 Å². The molecule has 0 aliphatic carbocycles. The molecule has 2 aromatic rings. The van der Waals surface area contributed by atoms with Gasteiger partial charge in [0.1, 0.15) is 11.3 Å². The number of aromatic nitrogens is 3. The Labute approximate surface area is 81.8 Å². The Kier molecular flexibility index (Phi) is 1.58. The summed E-state index contributed by atoms with van der Waals surface area (Å²) in [6.07, 6.45) is 5.64. The van der Waals surface area contributed by atoms with Gasteiger partial charge in [0.25, 0.3) is 0 Å². The average molecular weight is 188 g/mol. The van der Waals surface area contributed by atoms with Crippen LogP contribution in [0.1, 0.15) is 12.2 Å². The third kappa shape index (κ3) is 1.04. The Balaban J connectivity index is 2.25. The van der Waals surface area contributed by atoms with Crippen LogP contribution in [-0.4, -0.2) is 20.6 Å². The van der Waals surface area contributed by atoms with Crippen molar-refractivity contribution in [3.8, 4) is 0 Å². The van der Waals surface area contributed by atoms with E-state index in [4.69, 9.17) is 5.73 Å². The summed E-state index contributed by atoms with van der Waals surface area (Å²) >= 11 is 0. The second kappa shape index (κ2) is 2.78. The van der Waals surface area contributed by atoms with Gasteiger partial charge in [0.15, 0.2) is 0 Å². The van der Waals surface area contributed by atoms with E-state index < -0.39 is 0 Å². The van der Waals surface area contributed by atoms with Crippen molar-refractivity contribution in [1.29, 1.82) is 0 Å². The molecule has 3 rings (SSSR count). The summed E-state index contributed by atoms with van der Waals surface area (Å²) in [4.78, 5) is 8.60. The van der Waals surface area contributed by atoms with E-state index in [1.165, 1.54) is 0 Å². The first-order valence-corrected chi connectivity index (χ1v) is 4.89. The van der Waals surface area contributed by atoms with Crippen LogP contribution in [0.5, 0.6) is 0 Å². The molecule has 14 heavy (non-hydrogen) atoms. The highest BCUT2D eigenvalue weighted by Crippen LogP contribution is 2.20. The zero-order chi connectivity index (χ0) is 9.54. The van der Waals surface area contributed by atoms with Crippen molar-refractivity contribution < 1.29 is 0 Å². The molecule has 0 saturated carbocycles. The van der Waals surface area contributed by atoms with E-state index in [0.29, 0.717) is 0 Å². The lowest BCUT2D eigenvalue weighted by Crippen LogP contribution is -2.31. The zero-order valence-corrected chi connectivity index (χ0v) is 7.85. The van der Waals surface area contributed by atoms with Crippen LogP contribution >= 0.6 is 0 Å². The van der Waals surface area contributed by atoms with Crippen LogP contribution in [0.2, 0.25) is 0 Å². The van der Waals surface area contributed by atoms with Gasteiger partial charge in [-0.25, -0.2) is 4.98 Å². The predicted octanol–water partition coefficient (Wildman–Crippen LogP) is 0.705. The molecule has 0 bridgehead atoms. The molecule has 0 spiro atoms. The van der Waals surface area contributed by atoms with Gasteiger partial charge in [-0.05, 0) is 12.5 Å². The van der Waals surface area contributed by atoms with E-state index in [9.17, 15) is 0 Å². The van der Waals surface area contributed by atoms with Crippen molar-refractivity contribution in [3.05, 3.63) is 24.3 Å². The number of hydrogen-bond acceptors (Lipinski definition) is 3. The molecular formula is C10H12N4. The minimum Gasteiger partial charge on any atom is -0.326 e. The van der Waals surface area contributed by atoms with Crippen LogP contribution < -0.4 is 5.73 Å². The van der Waals surface area contributed by atoms with E-state index in [1.807, 2.05) is 12.3 Å². The first-order valence-electron chi connectivity index (χ1n) is 4.89. The van der Waals surface area contributed by atoms with Gasteiger partial charge in [0, 0.05) is 25.2 Å². The minimum absolute atomic E-state index is 0.271. The van der Waals surface area contributed by atoms with Crippen molar-refractivity contribution in [2.24, 2.45) is 5.73 Å². The van der Waals surface area contributed by atoms with E-state index in [1.54, 1.807) is 6.20 Å². The highest BCUT2D eigenvalue weighted by molar-refractivity contribution is 5.74. The van der Waals surface area contributed by atoms with Crippen LogP contribution in [0.15, 0.2) is 18.5 Å². The molecule has 0 saturated heterocycles. The van der Waals surface area contributed by atoms with Crippen LogP contribution in [0.25, 0.3) is 11.0 Å². The summed E-state index contributed by atoms with van der Waals surface area (Å²) in [6.45, 7) is 0.885. The van der Waals surface area contributed by atoms with Crippen molar-refractivity contribution in [2.45, 2.75) is 25.4 Å². The maximum absolute atomic E-state index is 5.94. The molecule has 0 fully saturated rings. The van der Waals surface area contributed by atoms with Gasteiger partial charge in [-0.15, -0.1) is 0 Å². The maximum Gasteiger partial charge on any atom is 0.110 e. The molecular weight excluding hydrogens is 176 g/mol. The number of rotatable bonds is 0. The average Bonchev–Trinajstić information content (AvgIpc) is 2.56.